The van der Waals surface area contributed by atoms with Crippen molar-refractivity contribution in [3.8, 4) is 11.5 Å². The molecule has 0 radical (unpaired) electrons. The molecule has 0 atom stereocenters. The monoisotopic (exact) mass is 354 g/mol. The molecule has 0 bridgehead atoms. The van der Waals surface area contributed by atoms with Gasteiger partial charge in [-0.2, -0.15) is 4.98 Å². The van der Waals surface area contributed by atoms with Gasteiger partial charge in [-0.3, -0.25) is 0 Å². The molecular formula is C18H15ClN4O2. The number of anilines is 4. The average molecular weight is 355 g/mol. The van der Waals surface area contributed by atoms with E-state index >= 15 is 0 Å². The van der Waals surface area contributed by atoms with Crippen LogP contribution in [-0.4, -0.2) is 16.8 Å². The summed E-state index contributed by atoms with van der Waals surface area (Å²) < 4.78 is 10.7. The van der Waals surface area contributed by atoms with Crippen LogP contribution in [0.15, 0.2) is 48.5 Å². The minimum atomic E-state index is 0.247. The van der Waals surface area contributed by atoms with E-state index in [4.69, 9.17) is 21.1 Å². The highest BCUT2D eigenvalue weighted by Crippen LogP contribution is 2.35. The van der Waals surface area contributed by atoms with Gasteiger partial charge in [-0.15, -0.1) is 0 Å². The fourth-order valence-electron chi connectivity index (χ4n) is 2.49. The Bertz CT molecular complexity index is 933. The maximum Gasteiger partial charge on any atom is 0.231 e. The van der Waals surface area contributed by atoms with E-state index in [1.807, 2.05) is 55.5 Å². The number of nitrogens with zero attached hydrogens (tertiary/aromatic N) is 2. The van der Waals surface area contributed by atoms with Gasteiger partial charge in [0.1, 0.15) is 5.82 Å². The van der Waals surface area contributed by atoms with Crippen LogP contribution in [0, 0.1) is 6.92 Å². The third kappa shape index (κ3) is 3.44. The molecule has 25 heavy (non-hydrogen) atoms. The van der Waals surface area contributed by atoms with E-state index in [0.717, 1.165) is 22.8 Å². The predicted molar refractivity (Wildman–Crippen MR) is 97.4 cm³/mol. The largest absolute Gasteiger partial charge is 0.454 e. The van der Waals surface area contributed by atoms with Crippen LogP contribution in [0.3, 0.4) is 0 Å². The Morgan fingerprint density at radius 3 is 2.68 bits per heavy atom. The molecule has 3 aromatic rings. The highest BCUT2D eigenvalue weighted by atomic mass is 35.5. The van der Waals surface area contributed by atoms with Crippen molar-refractivity contribution in [3.05, 3.63) is 59.2 Å². The third-order valence-corrected chi connectivity index (χ3v) is 3.95. The minimum absolute atomic E-state index is 0.247. The quantitative estimate of drug-likeness (QED) is 0.710. The van der Waals surface area contributed by atoms with Gasteiger partial charge in [-0.25, -0.2) is 4.98 Å². The summed E-state index contributed by atoms with van der Waals surface area (Å²) in [6.07, 6.45) is 0. The standard InChI is InChI=1S/C18H15ClN4O2/c1-11-8-17(21-12-6-7-15-16(9-12)25-10-24-15)23-18(20-11)22-14-5-3-2-4-13(14)19/h2-9H,10H2,1H3,(H2,20,21,22,23). The lowest BCUT2D eigenvalue weighted by Gasteiger charge is -2.11. The van der Waals surface area contributed by atoms with Gasteiger partial charge in [0.25, 0.3) is 0 Å². The minimum Gasteiger partial charge on any atom is -0.454 e. The van der Waals surface area contributed by atoms with E-state index in [-0.39, 0.29) is 6.79 Å². The molecule has 2 heterocycles. The maximum absolute atomic E-state index is 6.18. The normalized spacial score (nSPS) is 12.1. The lowest BCUT2D eigenvalue weighted by atomic mass is 10.2. The number of para-hydroxylation sites is 1. The summed E-state index contributed by atoms with van der Waals surface area (Å²) in [6, 6.07) is 15.0. The Labute approximate surface area is 149 Å². The number of fused-ring (bicyclic) bond motifs is 1. The van der Waals surface area contributed by atoms with Crippen LogP contribution in [0.4, 0.5) is 23.1 Å². The SMILES string of the molecule is Cc1cc(Nc2ccc3c(c2)OCO3)nc(Nc2ccccc2Cl)n1. The molecule has 0 spiro atoms. The lowest BCUT2D eigenvalue weighted by Crippen LogP contribution is -2.02. The summed E-state index contributed by atoms with van der Waals surface area (Å²) in [7, 11) is 0. The third-order valence-electron chi connectivity index (χ3n) is 3.62. The summed E-state index contributed by atoms with van der Waals surface area (Å²) >= 11 is 6.18. The second kappa shape index (κ2) is 6.49. The molecule has 0 saturated carbocycles. The van der Waals surface area contributed by atoms with Crippen molar-refractivity contribution in [2.24, 2.45) is 0 Å². The van der Waals surface area contributed by atoms with Crippen LogP contribution in [0.25, 0.3) is 0 Å². The number of nitrogens with one attached hydrogen (secondary N) is 2. The number of hydrogen-bond donors (Lipinski definition) is 2. The van der Waals surface area contributed by atoms with Crippen LogP contribution >= 0.6 is 11.6 Å². The van der Waals surface area contributed by atoms with Gasteiger partial charge < -0.3 is 20.1 Å². The molecule has 6 nitrogen and oxygen atoms in total. The number of hydrogen-bond acceptors (Lipinski definition) is 6. The molecule has 0 fully saturated rings. The van der Waals surface area contributed by atoms with Gasteiger partial charge in [0, 0.05) is 23.5 Å². The fraction of sp³-hybridized carbons (Fsp3) is 0.111. The Balaban J connectivity index is 1.58. The van der Waals surface area contributed by atoms with Gasteiger partial charge >= 0.3 is 0 Å². The van der Waals surface area contributed by atoms with E-state index in [1.54, 1.807) is 0 Å². The van der Waals surface area contributed by atoms with Gasteiger partial charge in [-0.05, 0) is 31.2 Å². The molecule has 2 N–H and O–H groups in total. The number of benzene rings is 2. The molecule has 1 aromatic heterocycles. The average Bonchev–Trinajstić information content (AvgIpc) is 3.04. The van der Waals surface area contributed by atoms with E-state index in [2.05, 4.69) is 20.6 Å². The van der Waals surface area contributed by atoms with Crippen LogP contribution < -0.4 is 20.1 Å². The number of aryl methyl sites for hydroxylation is 1. The first kappa shape index (κ1) is 15.5. The van der Waals surface area contributed by atoms with E-state index in [9.17, 15) is 0 Å². The maximum atomic E-state index is 6.18. The predicted octanol–water partition coefficient (Wildman–Crippen LogP) is 4.65. The summed E-state index contributed by atoms with van der Waals surface area (Å²) in [6.45, 7) is 2.15. The van der Waals surface area contributed by atoms with E-state index < -0.39 is 0 Å². The topological polar surface area (TPSA) is 68.3 Å². The number of halogens is 1. The second-order valence-corrected chi connectivity index (χ2v) is 5.92. The molecular weight excluding hydrogens is 340 g/mol. The van der Waals surface area contributed by atoms with Gasteiger partial charge in [-0.1, -0.05) is 23.7 Å². The summed E-state index contributed by atoms with van der Waals surface area (Å²) in [4.78, 5) is 8.90. The van der Waals surface area contributed by atoms with Crippen molar-refractivity contribution < 1.29 is 9.47 Å². The highest BCUT2D eigenvalue weighted by Gasteiger charge is 2.13. The molecule has 1 aliphatic heterocycles. The zero-order valence-electron chi connectivity index (χ0n) is 13.4. The van der Waals surface area contributed by atoms with Crippen molar-refractivity contribution >= 4 is 34.7 Å². The fourth-order valence-corrected chi connectivity index (χ4v) is 2.68. The van der Waals surface area contributed by atoms with Crippen molar-refractivity contribution in [1.29, 1.82) is 0 Å². The van der Waals surface area contributed by atoms with Crippen molar-refractivity contribution in [2.75, 3.05) is 17.4 Å². The van der Waals surface area contributed by atoms with Crippen LogP contribution in [0.5, 0.6) is 11.5 Å². The number of rotatable bonds is 4. The number of aromatic nitrogens is 2. The molecule has 2 aromatic carbocycles. The van der Waals surface area contributed by atoms with Crippen molar-refractivity contribution in [3.63, 3.8) is 0 Å². The second-order valence-electron chi connectivity index (χ2n) is 5.52. The highest BCUT2D eigenvalue weighted by molar-refractivity contribution is 6.33. The van der Waals surface area contributed by atoms with Gasteiger partial charge in [0.2, 0.25) is 12.7 Å². The van der Waals surface area contributed by atoms with Crippen molar-refractivity contribution in [2.45, 2.75) is 6.92 Å². The van der Waals surface area contributed by atoms with E-state index in [0.29, 0.717) is 22.5 Å². The first-order valence-corrected chi connectivity index (χ1v) is 8.09. The summed E-state index contributed by atoms with van der Waals surface area (Å²) in [5, 5.41) is 7.01. The zero-order valence-corrected chi connectivity index (χ0v) is 14.2. The smallest absolute Gasteiger partial charge is 0.231 e. The Hall–Kier alpha value is -2.99. The lowest BCUT2D eigenvalue weighted by molar-refractivity contribution is 0.174. The van der Waals surface area contributed by atoms with Crippen LogP contribution in [-0.2, 0) is 0 Å². The summed E-state index contributed by atoms with van der Waals surface area (Å²) in [5.74, 6) is 2.59. The van der Waals surface area contributed by atoms with Crippen molar-refractivity contribution in [1.82, 2.24) is 9.97 Å². The molecule has 7 heteroatoms. The van der Waals surface area contributed by atoms with Crippen LogP contribution in [0.2, 0.25) is 5.02 Å². The first-order chi connectivity index (χ1) is 12.2. The van der Waals surface area contributed by atoms with Gasteiger partial charge in [0.05, 0.1) is 10.7 Å². The molecule has 4 rings (SSSR count). The Morgan fingerprint density at radius 2 is 1.80 bits per heavy atom. The number of ether oxygens (including phenoxy) is 2. The molecule has 0 aliphatic carbocycles. The molecule has 126 valence electrons. The zero-order chi connectivity index (χ0) is 17.2. The molecule has 0 unspecified atom stereocenters. The van der Waals surface area contributed by atoms with Gasteiger partial charge in [0.15, 0.2) is 11.5 Å². The van der Waals surface area contributed by atoms with Crippen LogP contribution in [0.1, 0.15) is 5.69 Å². The first-order valence-electron chi connectivity index (χ1n) is 7.71. The summed E-state index contributed by atoms with van der Waals surface area (Å²) in [5.41, 5.74) is 2.43. The molecule has 0 saturated heterocycles. The Kier molecular flexibility index (Phi) is 4.03. The molecule has 0 amide bonds. The molecule has 1 aliphatic rings. The Morgan fingerprint density at radius 1 is 0.960 bits per heavy atom. The van der Waals surface area contributed by atoms with E-state index in [1.165, 1.54) is 0 Å².